The molecule has 0 aromatic carbocycles. The van der Waals surface area contributed by atoms with E-state index in [0.29, 0.717) is 12.8 Å². The molecule has 3 aliphatic rings. The predicted octanol–water partition coefficient (Wildman–Crippen LogP) is 15.5. The van der Waals surface area contributed by atoms with Crippen LogP contribution in [0.15, 0.2) is 36.5 Å². The second-order valence-corrected chi connectivity index (χ2v) is 31.0. The highest BCUT2D eigenvalue weighted by atomic mass is 16.8. The number of nitrogens with one attached hydrogen (secondary N) is 1. The van der Waals surface area contributed by atoms with E-state index >= 15 is 0 Å². The van der Waals surface area contributed by atoms with Crippen molar-refractivity contribution in [3.8, 4) is 0 Å². The summed E-state index contributed by atoms with van der Waals surface area (Å²) in [5.41, 5.74) is 0. The fraction of sp³-hybridized carbons (Fsp3) is 0.918. The van der Waals surface area contributed by atoms with Gasteiger partial charge in [0.1, 0.15) is 73.2 Å². The maximum absolute atomic E-state index is 13.5. The zero-order chi connectivity index (χ0) is 75.3. The van der Waals surface area contributed by atoms with Crippen molar-refractivity contribution in [3.05, 3.63) is 36.5 Å². The average Bonchev–Trinajstić information content (AvgIpc) is 0.783. The molecule has 0 aliphatic carbocycles. The van der Waals surface area contributed by atoms with Gasteiger partial charge < -0.3 is 89.9 Å². The molecule has 3 heterocycles. The lowest BCUT2D eigenvalue weighted by atomic mass is 9.96. The minimum absolute atomic E-state index is 0.236. The van der Waals surface area contributed by atoms with E-state index in [9.17, 15) is 61.0 Å². The molecule has 12 N–H and O–H groups in total. The summed E-state index contributed by atoms with van der Waals surface area (Å²) < 4.78 is 34.4. The van der Waals surface area contributed by atoms with Gasteiger partial charge >= 0.3 is 0 Å². The molecule has 17 atom stereocenters. The Morgan fingerprint density at radius 1 is 0.337 bits per heavy atom. The van der Waals surface area contributed by atoms with E-state index in [1.54, 1.807) is 6.08 Å². The first-order chi connectivity index (χ1) is 50.8. The number of rotatable bonds is 70. The maximum Gasteiger partial charge on any atom is 0.220 e. The van der Waals surface area contributed by atoms with Crippen LogP contribution in [-0.4, -0.2) is 193 Å². The lowest BCUT2D eigenvalue weighted by Gasteiger charge is -2.48. The Balaban J connectivity index is 1.28. The first-order valence-electron chi connectivity index (χ1n) is 43.2. The van der Waals surface area contributed by atoms with Gasteiger partial charge in [0.2, 0.25) is 5.91 Å². The Hall–Kier alpha value is -1.99. The quantitative estimate of drug-likeness (QED) is 0.0199. The SMILES string of the molecule is CCCCCCCCCC/C=C/CC/C=C/CC/C=C/C(O)C(COC1OC(CO)C(OC2OC(CO)C(OC3OC(CO)C(O)C(O)C3O)C(O)C2O)C(O)C1O)NC(=O)CCCCCCCCCCCCCCCCCCCCCCCCCCCCCCCCCCCCCCCCCCC. The standard InChI is InChI=1S/C85H159NO18/c1-3-5-7-9-11-13-15-17-19-21-23-24-25-26-27-28-29-30-31-32-33-34-35-36-37-38-39-40-41-42-43-44-45-47-49-51-53-55-57-59-61-63-73(91)86-68(69(90)62-60-58-56-54-52-50-48-46-22-20-18-16-14-12-10-8-6-4-2)67-99-83-79(97)76(94)81(71(65-88)101-83)104-85-80(98)77(95)82(72(66-89)102-85)103-84-78(96)75(93)74(92)70(64-87)100-84/h22,46,52,54,60,62,68-72,74-85,87-90,92-98H,3-21,23-45,47-51,53,55-59,61,63-67H2,1-2H3,(H,86,91)/b46-22+,54-52+,62-60+. The third-order valence-corrected chi connectivity index (χ3v) is 21.7. The number of hydrogen-bond acceptors (Lipinski definition) is 18. The van der Waals surface area contributed by atoms with Crippen LogP contribution in [-0.2, 0) is 33.2 Å². The number of ether oxygens (including phenoxy) is 6. The van der Waals surface area contributed by atoms with Gasteiger partial charge in [0.25, 0.3) is 0 Å². The number of aliphatic hydroxyl groups is 11. The molecule has 3 rings (SSSR count). The zero-order valence-corrected chi connectivity index (χ0v) is 65.8. The van der Waals surface area contributed by atoms with Crippen molar-refractivity contribution in [2.75, 3.05) is 26.4 Å². The highest BCUT2D eigenvalue weighted by Crippen LogP contribution is 2.33. The highest BCUT2D eigenvalue weighted by Gasteiger charge is 2.54. The van der Waals surface area contributed by atoms with Crippen LogP contribution >= 0.6 is 0 Å². The summed E-state index contributed by atoms with van der Waals surface area (Å²) in [7, 11) is 0. The third-order valence-electron chi connectivity index (χ3n) is 21.7. The van der Waals surface area contributed by atoms with Crippen molar-refractivity contribution in [1.82, 2.24) is 5.32 Å². The van der Waals surface area contributed by atoms with Gasteiger partial charge in [0, 0.05) is 6.42 Å². The van der Waals surface area contributed by atoms with Crippen LogP contribution in [0.1, 0.15) is 367 Å². The zero-order valence-electron chi connectivity index (χ0n) is 65.8. The molecule has 612 valence electrons. The molecular weight excluding hydrogens is 1320 g/mol. The van der Waals surface area contributed by atoms with E-state index in [-0.39, 0.29) is 18.9 Å². The van der Waals surface area contributed by atoms with Gasteiger partial charge in [-0.1, -0.05) is 352 Å². The second-order valence-electron chi connectivity index (χ2n) is 31.0. The Morgan fingerprint density at radius 3 is 0.962 bits per heavy atom. The van der Waals surface area contributed by atoms with Crippen molar-refractivity contribution < 1.29 is 89.4 Å². The van der Waals surface area contributed by atoms with Gasteiger partial charge in [-0.15, -0.1) is 0 Å². The molecule has 0 radical (unpaired) electrons. The van der Waals surface area contributed by atoms with Gasteiger partial charge in [-0.05, 0) is 44.9 Å². The summed E-state index contributed by atoms with van der Waals surface area (Å²) in [4.78, 5) is 13.5. The number of amides is 1. The fourth-order valence-corrected chi connectivity index (χ4v) is 14.8. The molecule has 0 aromatic heterocycles. The van der Waals surface area contributed by atoms with Gasteiger partial charge in [0.05, 0.1) is 38.6 Å². The number of unbranched alkanes of at least 4 members (excludes halogenated alkanes) is 50. The molecule has 1 amide bonds. The average molecular weight is 1480 g/mol. The van der Waals surface area contributed by atoms with Crippen LogP contribution in [0.2, 0.25) is 0 Å². The monoisotopic (exact) mass is 1480 g/mol. The Morgan fingerprint density at radius 2 is 0.615 bits per heavy atom. The maximum atomic E-state index is 13.5. The Kier molecular flexibility index (Phi) is 60.8. The largest absolute Gasteiger partial charge is 0.394 e. The number of allylic oxidation sites excluding steroid dienone is 5. The minimum atomic E-state index is -1.98. The molecule has 104 heavy (non-hydrogen) atoms. The van der Waals surface area contributed by atoms with Crippen LogP contribution < -0.4 is 5.32 Å². The van der Waals surface area contributed by atoms with Crippen molar-refractivity contribution in [3.63, 3.8) is 0 Å². The van der Waals surface area contributed by atoms with E-state index in [2.05, 4.69) is 43.5 Å². The Labute approximate surface area is 631 Å². The molecule has 17 unspecified atom stereocenters. The van der Waals surface area contributed by atoms with E-state index < -0.39 is 124 Å². The van der Waals surface area contributed by atoms with Crippen molar-refractivity contribution in [1.29, 1.82) is 0 Å². The molecule has 0 aromatic rings. The first-order valence-corrected chi connectivity index (χ1v) is 43.2. The molecule has 0 spiro atoms. The number of hydrogen-bond donors (Lipinski definition) is 12. The number of carbonyl (C=O) groups is 1. The van der Waals surface area contributed by atoms with Crippen LogP contribution in [0.4, 0.5) is 0 Å². The van der Waals surface area contributed by atoms with Crippen LogP contribution in [0.3, 0.4) is 0 Å². The molecule has 3 saturated heterocycles. The summed E-state index contributed by atoms with van der Waals surface area (Å²) in [5.74, 6) is -0.283. The molecule has 19 nitrogen and oxygen atoms in total. The third kappa shape index (κ3) is 44.8. The van der Waals surface area contributed by atoms with Crippen molar-refractivity contribution in [2.24, 2.45) is 0 Å². The van der Waals surface area contributed by atoms with Gasteiger partial charge in [-0.25, -0.2) is 0 Å². The molecule has 3 aliphatic heterocycles. The highest BCUT2D eigenvalue weighted by molar-refractivity contribution is 5.76. The lowest BCUT2D eigenvalue weighted by Crippen LogP contribution is -2.66. The predicted molar refractivity (Wildman–Crippen MR) is 416 cm³/mol. The van der Waals surface area contributed by atoms with Crippen LogP contribution in [0, 0.1) is 0 Å². The van der Waals surface area contributed by atoms with Crippen LogP contribution in [0.5, 0.6) is 0 Å². The summed E-state index contributed by atoms with van der Waals surface area (Å²) in [6.45, 7) is 1.75. The molecule has 3 fully saturated rings. The fourth-order valence-electron chi connectivity index (χ4n) is 14.8. The summed E-state index contributed by atoms with van der Waals surface area (Å²) in [6.07, 6.45) is 56.2. The Bertz CT molecular complexity index is 2020. The topological polar surface area (TPSA) is 307 Å². The van der Waals surface area contributed by atoms with Gasteiger partial charge in [0.15, 0.2) is 18.9 Å². The molecule has 19 heteroatoms. The summed E-state index contributed by atoms with van der Waals surface area (Å²) >= 11 is 0. The van der Waals surface area contributed by atoms with E-state index in [4.69, 9.17) is 28.4 Å². The summed E-state index contributed by atoms with van der Waals surface area (Å²) in [6, 6.07) is -0.996. The number of carbonyl (C=O) groups excluding carboxylic acids is 1. The minimum Gasteiger partial charge on any atom is -0.394 e. The lowest BCUT2D eigenvalue weighted by molar-refractivity contribution is -0.379. The van der Waals surface area contributed by atoms with Crippen molar-refractivity contribution >= 4 is 5.91 Å². The van der Waals surface area contributed by atoms with E-state index in [1.165, 1.54) is 289 Å². The number of aliphatic hydroxyl groups excluding tert-OH is 11. The molecular formula is C85H159NO18. The first kappa shape index (κ1) is 96.2. The van der Waals surface area contributed by atoms with Gasteiger partial charge in [-0.2, -0.15) is 0 Å². The molecule has 0 bridgehead atoms. The summed E-state index contributed by atoms with van der Waals surface area (Å²) in [5, 5.41) is 121. The van der Waals surface area contributed by atoms with Gasteiger partial charge in [-0.3, -0.25) is 4.79 Å². The molecule has 0 saturated carbocycles. The smallest absolute Gasteiger partial charge is 0.220 e. The normalized spacial score (nSPS) is 26.0. The second kappa shape index (κ2) is 65.7. The van der Waals surface area contributed by atoms with Crippen LogP contribution in [0.25, 0.3) is 0 Å². The van der Waals surface area contributed by atoms with Crippen molar-refractivity contribution in [2.45, 2.75) is 471 Å². The van der Waals surface area contributed by atoms with E-state index in [0.717, 1.165) is 44.9 Å². The van der Waals surface area contributed by atoms with E-state index in [1.807, 2.05) is 6.08 Å².